The van der Waals surface area contributed by atoms with E-state index in [1.165, 1.54) is 16.4 Å². The van der Waals surface area contributed by atoms with E-state index in [0.717, 1.165) is 11.3 Å². The van der Waals surface area contributed by atoms with Crippen molar-refractivity contribution in [2.24, 2.45) is 0 Å². The van der Waals surface area contributed by atoms with Crippen LogP contribution in [0.15, 0.2) is 64.9 Å². The van der Waals surface area contributed by atoms with Crippen LogP contribution in [-0.2, 0) is 16.6 Å². The van der Waals surface area contributed by atoms with Gasteiger partial charge in [0.2, 0.25) is 0 Å². The zero-order chi connectivity index (χ0) is 24.3. The van der Waals surface area contributed by atoms with Crippen LogP contribution in [0.5, 0.6) is 0 Å². The van der Waals surface area contributed by atoms with Crippen LogP contribution in [0.4, 0.5) is 11.4 Å². The number of hydrogen-bond acceptors (Lipinski definition) is 7. The predicted octanol–water partition coefficient (Wildman–Crippen LogP) is 3.75. The molecule has 34 heavy (non-hydrogen) atoms. The van der Waals surface area contributed by atoms with Gasteiger partial charge in [-0.2, -0.15) is 4.31 Å². The Bertz CT molecular complexity index is 1300. The fraction of sp³-hybridized carbons (Fsp3) is 0.227. The highest BCUT2D eigenvalue weighted by atomic mass is 35.5. The van der Waals surface area contributed by atoms with E-state index in [1.54, 1.807) is 48.5 Å². The van der Waals surface area contributed by atoms with Gasteiger partial charge in [-0.05, 0) is 42.5 Å². The number of carbonyl (C=O) groups is 1. The molecule has 1 aromatic heterocycles. The number of para-hydroxylation sites is 2. The lowest BCUT2D eigenvalue weighted by Crippen LogP contribution is -2.48. The Morgan fingerprint density at radius 2 is 1.71 bits per heavy atom. The van der Waals surface area contributed by atoms with Crippen LogP contribution in [-0.4, -0.2) is 49.7 Å². The number of nitro benzene ring substituents is 1. The van der Waals surface area contributed by atoms with Gasteiger partial charge in [0.05, 0.1) is 11.5 Å². The third-order valence-corrected chi connectivity index (χ3v) is 9.12. The number of amides is 1. The lowest BCUT2D eigenvalue weighted by atomic mass is 10.2. The average Bonchev–Trinajstić information content (AvgIpc) is 3.33. The first kappa shape index (κ1) is 24.1. The van der Waals surface area contributed by atoms with Crippen LogP contribution in [0.3, 0.4) is 0 Å². The Labute approximate surface area is 205 Å². The third-order valence-electron chi connectivity index (χ3n) is 5.42. The Morgan fingerprint density at radius 1 is 1.03 bits per heavy atom. The number of benzene rings is 2. The van der Waals surface area contributed by atoms with Crippen LogP contribution in [0.2, 0.25) is 5.02 Å². The smallest absolute Gasteiger partial charge is 0.292 e. The van der Waals surface area contributed by atoms with Crippen molar-refractivity contribution < 1.29 is 18.1 Å². The number of anilines is 1. The minimum Gasteiger partial charge on any atom is -0.363 e. The first-order chi connectivity index (χ1) is 16.3. The number of nitrogens with one attached hydrogen (secondary N) is 1. The Balaban J connectivity index is 1.38. The van der Waals surface area contributed by atoms with E-state index < -0.39 is 14.9 Å². The molecule has 0 unspecified atom stereocenters. The molecule has 178 valence electrons. The van der Waals surface area contributed by atoms with Gasteiger partial charge in [-0.15, -0.1) is 11.3 Å². The highest BCUT2D eigenvalue weighted by Gasteiger charge is 2.31. The molecule has 1 aliphatic heterocycles. The zero-order valence-electron chi connectivity index (χ0n) is 17.9. The van der Waals surface area contributed by atoms with Crippen LogP contribution < -0.4 is 10.2 Å². The number of hydrogen-bond donors (Lipinski definition) is 1. The minimum atomic E-state index is -3.70. The number of nitrogens with zero attached hydrogens (tertiary/aromatic N) is 3. The zero-order valence-corrected chi connectivity index (χ0v) is 20.3. The number of thiophene rings is 1. The number of rotatable bonds is 7. The van der Waals surface area contributed by atoms with Gasteiger partial charge in [-0.3, -0.25) is 14.9 Å². The summed E-state index contributed by atoms with van der Waals surface area (Å²) < 4.78 is 27.8. The van der Waals surface area contributed by atoms with E-state index in [0.29, 0.717) is 34.2 Å². The van der Waals surface area contributed by atoms with Gasteiger partial charge in [-0.25, -0.2) is 8.42 Å². The summed E-state index contributed by atoms with van der Waals surface area (Å²) in [5.74, 6) is -0.277. The van der Waals surface area contributed by atoms with Gasteiger partial charge < -0.3 is 10.2 Å². The molecule has 1 N–H and O–H groups in total. The predicted molar refractivity (Wildman–Crippen MR) is 131 cm³/mol. The molecule has 4 rings (SSSR count). The molecule has 2 heterocycles. The van der Waals surface area contributed by atoms with Crippen LogP contribution >= 0.6 is 22.9 Å². The summed E-state index contributed by atoms with van der Waals surface area (Å²) in [6.45, 7) is 1.33. The van der Waals surface area contributed by atoms with Crippen molar-refractivity contribution >= 4 is 50.2 Å². The van der Waals surface area contributed by atoms with Gasteiger partial charge in [-0.1, -0.05) is 23.7 Å². The molecule has 0 spiro atoms. The molecule has 0 aliphatic carbocycles. The van der Waals surface area contributed by atoms with Gasteiger partial charge >= 0.3 is 0 Å². The second-order valence-corrected chi connectivity index (χ2v) is 11.3. The Morgan fingerprint density at radius 3 is 2.38 bits per heavy atom. The molecule has 0 saturated carbocycles. The van der Waals surface area contributed by atoms with Crippen LogP contribution in [0.25, 0.3) is 0 Å². The van der Waals surface area contributed by atoms with Crippen LogP contribution in [0, 0.1) is 10.1 Å². The van der Waals surface area contributed by atoms with Gasteiger partial charge in [0.25, 0.3) is 21.6 Å². The van der Waals surface area contributed by atoms with Crippen molar-refractivity contribution in [3.8, 4) is 0 Å². The normalized spacial score (nSPS) is 14.7. The molecule has 0 atom stereocenters. The van der Waals surface area contributed by atoms with Crippen molar-refractivity contribution in [3.05, 3.63) is 86.2 Å². The molecule has 2 aromatic carbocycles. The molecule has 3 aromatic rings. The largest absolute Gasteiger partial charge is 0.363 e. The molecule has 1 saturated heterocycles. The fourth-order valence-corrected chi connectivity index (χ4v) is 6.64. The second-order valence-electron chi connectivity index (χ2n) is 7.55. The maximum atomic E-state index is 13.1. The minimum absolute atomic E-state index is 0.00218. The number of halogens is 1. The third kappa shape index (κ3) is 5.22. The lowest BCUT2D eigenvalue weighted by molar-refractivity contribution is -0.384. The van der Waals surface area contributed by atoms with E-state index in [-0.39, 0.29) is 35.4 Å². The molecular formula is C22H21ClN4O5S2. The molecule has 1 amide bonds. The molecular weight excluding hydrogens is 500 g/mol. The number of sulfonamides is 1. The van der Waals surface area contributed by atoms with E-state index in [2.05, 4.69) is 5.32 Å². The number of carbonyl (C=O) groups excluding carboxylic acids is 1. The molecule has 0 bridgehead atoms. The van der Waals surface area contributed by atoms with Gasteiger partial charge in [0.1, 0.15) is 9.90 Å². The molecule has 1 fully saturated rings. The summed E-state index contributed by atoms with van der Waals surface area (Å²) in [5, 5.41) is 14.6. The first-order valence-corrected chi connectivity index (χ1v) is 13.0. The maximum absolute atomic E-state index is 13.1. The van der Waals surface area contributed by atoms with Gasteiger partial charge in [0, 0.05) is 47.7 Å². The number of nitro groups is 1. The summed E-state index contributed by atoms with van der Waals surface area (Å²) >= 11 is 6.95. The number of piperazine rings is 1. The Kier molecular flexibility index (Phi) is 7.17. The first-order valence-electron chi connectivity index (χ1n) is 10.4. The topological polar surface area (TPSA) is 113 Å². The second kappa shape index (κ2) is 10.1. The highest BCUT2D eigenvalue weighted by Crippen LogP contribution is 2.30. The van der Waals surface area contributed by atoms with E-state index in [1.807, 2.05) is 4.90 Å². The summed E-state index contributed by atoms with van der Waals surface area (Å²) in [4.78, 5) is 25.7. The van der Waals surface area contributed by atoms with E-state index in [9.17, 15) is 23.3 Å². The summed E-state index contributed by atoms with van der Waals surface area (Å²) in [6, 6.07) is 16.2. The fourth-order valence-electron chi connectivity index (χ4n) is 3.65. The monoisotopic (exact) mass is 520 g/mol. The van der Waals surface area contributed by atoms with Crippen molar-refractivity contribution in [2.75, 3.05) is 31.1 Å². The van der Waals surface area contributed by atoms with Crippen molar-refractivity contribution in [1.82, 2.24) is 9.62 Å². The van der Waals surface area contributed by atoms with Crippen molar-refractivity contribution in [2.45, 2.75) is 10.8 Å². The lowest BCUT2D eigenvalue weighted by Gasteiger charge is -2.34. The summed E-state index contributed by atoms with van der Waals surface area (Å²) in [6.07, 6.45) is 0. The molecule has 9 nitrogen and oxygen atoms in total. The highest BCUT2D eigenvalue weighted by molar-refractivity contribution is 7.91. The quantitative estimate of drug-likeness (QED) is 0.375. The molecule has 1 aliphatic rings. The molecule has 12 heteroatoms. The summed E-state index contributed by atoms with van der Waals surface area (Å²) in [7, 11) is -3.70. The maximum Gasteiger partial charge on any atom is 0.292 e. The average molecular weight is 521 g/mol. The Hall–Kier alpha value is -2.99. The van der Waals surface area contributed by atoms with Crippen molar-refractivity contribution in [3.63, 3.8) is 0 Å². The van der Waals surface area contributed by atoms with Gasteiger partial charge in [0.15, 0.2) is 0 Å². The SMILES string of the molecule is O=C(NCc1ccc(S(=O)(=O)N2CCN(c3ccccc3[N+](=O)[O-])CC2)s1)c1ccc(Cl)cc1. The summed E-state index contributed by atoms with van der Waals surface area (Å²) in [5.41, 5.74) is 0.951. The van der Waals surface area contributed by atoms with Crippen molar-refractivity contribution in [1.29, 1.82) is 0 Å². The standard InChI is InChI=1S/C22H21ClN4O5S2/c23-17-7-5-16(6-8-17)22(28)24-15-18-9-10-21(33-18)34(31,32)26-13-11-25(12-14-26)19-3-1-2-4-20(19)27(29)30/h1-10H,11-15H2,(H,24,28). The van der Waals surface area contributed by atoms with Crippen LogP contribution in [0.1, 0.15) is 15.2 Å². The molecule has 0 radical (unpaired) electrons. The van der Waals surface area contributed by atoms with E-state index >= 15 is 0 Å². The van der Waals surface area contributed by atoms with E-state index in [4.69, 9.17) is 11.6 Å².